The molecule has 31 heavy (non-hydrogen) atoms. The zero-order chi connectivity index (χ0) is 22.2. The molecular formula is C23H26N4O4. The lowest BCUT2D eigenvalue weighted by molar-refractivity contribution is -0.141. The van der Waals surface area contributed by atoms with Gasteiger partial charge in [-0.25, -0.2) is 0 Å². The van der Waals surface area contributed by atoms with E-state index < -0.39 is 0 Å². The number of methoxy groups -OCH3 is 1. The minimum Gasteiger partial charge on any atom is -0.469 e. The molecule has 162 valence electrons. The molecule has 1 unspecified atom stereocenters. The second kappa shape index (κ2) is 10.4. The van der Waals surface area contributed by atoms with Crippen LogP contribution in [-0.4, -0.2) is 42.7 Å². The Labute approximate surface area is 180 Å². The third-order valence-electron chi connectivity index (χ3n) is 5.01. The molecule has 4 N–H and O–H groups in total. The molecule has 0 fully saturated rings. The lowest BCUT2D eigenvalue weighted by atomic mass is 10.0. The Morgan fingerprint density at radius 1 is 1.23 bits per heavy atom. The van der Waals surface area contributed by atoms with Crippen molar-refractivity contribution < 1.29 is 19.2 Å². The van der Waals surface area contributed by atoms with Crippen molar-refractivity contribution in [2.24, 2.45) is 10.9 Å². The Morgan fingerprint density at radius 2 is 1.94 bits per heavy atom. The average molecular weight is 422 g/mol. The van der Waals surface area contributed by atoms with Gasteiger partial charge in [-0.05, 0) is 17.5 Å². The number of hydrogen-bond acceptors (Lipinski definition) is 6. The number of ether oxygens (including phenoxy) is 1. The number of nitrogen functional groups attached to an aromatic ring is 1. The topological polar surface area (TPSA) is 127 Å². The van der Waals surface area contributed by atoms with E-state index in [0.717, 1.165) is 16.8 Å². The number of hydrogen-bond donors (Lipinski definition) is 3. The molecule has 0 saturated carbocycles. The van der Waals surface area contributed by atoms with Gasteiger partial charge in [-0.3, -0.25) is 15.0 Å². The maximum absolute atomic E-state index is 12.6. The minimum absolute atomic E-state index is 0.00252. The summed E-state index contributed by atoms with van der Waals surface area (Å²) in [5, 5.41) is 14.5. The van der Waals surface area contributed by atoms with Crippen molar-refractivity contribution in [1.82, 2.24) is 5.32 Å². The number of nitrogens with one attached hydrogen (secondary N) is 2. The Morgan fingerprint density at radius 3 is 2.58 bits per heavy atom. The van der Waals surface area contributed by atoms with Gasteiger partial charge < -0.3 is 20.6 Å². The van der Waals surface area contributed by atoms with Crippen molar-refractivity contribution in [2.75, 3.05) is 7.11 Å². The highest BCUT2D eigenvalue weighted by Crippen LogP contribution is 2.20. The standard InChI is InChI=1S/C23H26N4O4/c1-30-22(29)12-18(11-15-5-3-2-4-6-15)26-21(28)14-19-13-20(27-31-19)16-7-9-17(10-8-16)23(24)25/h2-10,18-19H,11-14H2,1H3,(H3,24,25)(H,26,28)/t18-,19?/m0/s1. The zero-order valence-corrected chi connectivity index (χ0v) is 17.3. The van der Waals surface area contributed by atoms with E-state index >= 15 is 0 Å². The van der Waals surface area contributed by atoms with Crippen molar-refractivity contribution in [1.29, 1.82) is 5.41 Å². The molecule has 0 aromatic heterocycles. The number of nitrogens with two attached hydrogens (primary N) is 1. The fraction of sp³-hybridized carbons (Fsp3) is 0.304. The third kappa shape index (κ3) is 6.40. The van der Waals surface area contributed by atoms with E-state index in [0.29, 0.717) is 18.4 Å². The number of carbonyl (C=O) groups is 2. The number of benzene rings is 2. The number of rotatable bonds is 9. The maximum Gasteiger partial charge on any atom is 0.307 e. The van der Waals surface area contributed by atoms with E-state index in [-0.39, 0.29) is 42.7 Å². The summed E-state index contributed by atoms with van der Waals surface area (Å²) in [7, 11) is 1.33. The summed E-state index contributed by atoms with van der Waals surface area (Å²) >= 11 is 0. The van der Waals surface area contributed by atoms with E-state index in [2.05, 4.69) is 10.5 Å². The highest BCUT2D eigenvalue weighted by atomic mass is 16.6. The third-order valence-corrected chi connectivity index (χ3v) is 5.01. The van der Waals surface area contributed by atoms with E-state index in [1.165, 1.54) is 7.11 Å². The molecule has 2 aromatic rings. The van der Waals surface area contributed by atoms with E-state index in [9.17, 15) is 9.59 Å². The Kier molecular flexibility index (Phi) is 7.37. The summed E-state index contributed by atoms with van der Waals surface area (Å²) in [6.45, 7) is 0. The van der Waals surface area contributed by atoms with E-state index in [4.69, 9.17) is 20.7 Å². The second-order valence-electron chi connectivity index (χ2n) is 7.40. The van der Waals surface area contributed by atoms with Crippen LogP contribution in [0.1, 0.15) is 36.0 Å². The second-order valence-corrected chi connectivity index (χ2v) is 7.40. The number of amides is 1. The van der Waals surface area contributed by atoms with Crippen LogP contribution >= 0.6 is 0 Å². The molecule has 0 bridgehead atoms. The first-order valence-electron chi connectivity index (χ1n) is 10.0. The number of esters is 1. The first-order valence-corrected chi connectivity index (χ1v) is 10.0. The molecule has 2 aromatic carbocycles. The molecule has 3 rings (SSSR count). The Balaban J connectivity index is 1.54. The molecule has 0 radical (unpaired) electrons. The van der Waals surface area contributed by atoms with Crippen LogP contribution in [0.4, 0.5) is 0 Å². The van der Waals surface area contributed by atoms with Gasteiger partial charge in [0.25, 0.3) is 0 Å². The molecule has 8 nitrogen and oxygen atoms in total. The fourth-order valence-corrected chi connectivity index (χ4v) is 3.40. The van der Waals surface area contributed by atoms with Crippen molar-refractivity contribution in [3.8, 4) is 0 Å². The highest BCUT2D eigenvalue weighted by molar-refractivity contribution is 6.02. The van der Waals surface area contributed by atoms with Gasteiger partial charge in [0.05, 0.1) is 25.7 Å². The molecular weight excluding hydrogens is 396 g/mol. The lowest BCUT2D eigenvalue weighted by Gasteiger charge is -2.19. The molecule has 0 aliphatic carbocycles. The summed E-state index contributed by atoms with van der Waals surface area (Å²) in [5.74, 6) is -0.584. The first-order chi connectivity index (χ1) is 14.9. The molecule has 0 saturated heterocycles. The van der Waals surface area contributed by atoms with Crippen LogP contribution in [0.3, 0.4) is 0 Å². The predicted octanol–water partition coefficient (Wildman–Crippen LogP) is 2.14. The number of carbonyl (C=O) groups excluding carboxylic acids is 2. The minimum atomic E-state index is -0.377. The van der Waals surface area contributed by atoms with Crippen molar-refractivity contribution in [3.05, 3.63) is 71.3 Å². The van der Waals surface area contributed by atoms with E-state index in [1.54, 1.807) is 12.1 Å². The number of nitrogens with zero attached hydrogens (tertiary/aromatic N) is 1. The predicted molar refractivity (Wildman–Crippen MR) is 117 cm³/mol. The van der Waals surface area contributed by atoms with Gasteiger partial charge in [0.15, 0.2) is 0 Å². The molecule has 1 heterocycles. The molecule has 8 heteroatoms. The summed E-state index contributed by atoms with van der Waals surface area (Å²) in [5.41, 5.74) is 8.73. The van der Waals surface area contributed by atoms with Gasteiger partial charge in [-0.1, -0.05) is 59.8 Å². The zero-order valence-electron chi connectivity index (χ0n) is 17.3. The quantitative estimate of drug-likeness (QED) is 0.324. The van der Waals surface area contributed by atoms with Crippen LogP contribution < -0.4 is 11.1 Å². The van der Waals surface area contributed by atoms with Crippen molar-refractivity contribution >= 4 is 23.4 Å². The van der Waals surface area contributed by atoms with Crippen molar-refractivity contribution in [2.45, 2.75) is 37.8 Å². The molecule has 2 atom stereocenters. The highest BCUT2D eigenvalue weighted by Gasteiger charge is 2.26. The van der Waals surface area contributed by atoms with Crippen LogP contribution in [0.15, 0.2) is 59.8 Å². The van der Waals surface area contributed by atoms with Crippen LogP contribution in [0.25, 0.3) is 0 Å². The van der Waals surface area contributed by atoms with Crippen LogP contribution in [-0.2, 0) is 25.6 Å². The van der Waals surface area contributed by atoms with Gasteiger partial charge in [-0.15, -0.1) is 0 Å². The maximum atomic E-state index is 12.6. The summed E-state index contributed by atoms with van der Waals surface area (Å²) in [6, 6.07) is 16.4. The number of amidine groups is 1. The molecule has 0 spiro atoms. The SMILES string of the molecule is COC(=O)C[C@H](Cc1ccccc1)NC(=O)CC1CC(c2ccc(C(=N)N)cc2)=NO1. The average Bonchev–Trinajstić information content (AvgIpc) is 3.22. The van der Waals surface area contributed by atoms with Gasteiger partial charge in [0.2, 0.25) is 5.91 Å². The lowest BCUT2D eigenvalue weighted by Crippen LogP contribution is -2.39. The molecule has 1 aliphatic heterocycles. The monoisotopic (exact) mass is 422 g/mol. The van der Waals surface area contributed by atoms with E-state index in [1.807, 2.05) is 42.5 Å². The molecule has 1 aliphatic rings. The number of oxime groups is 1. The van der Waals surface area contributed by atoms with Crippen LogP contribution in [0.2, 0.25) is 0 Å². The van der Waals surface area contributed by atoms with Crippen molar-refractivity contribution in [3.63, 3.8) is 0 Å². The largest absolute Gasteiger partial charge is 0.469 e. The smallest absolute Gasteiger partial charge is 0.307 e. The summed E-state index contributed by atoms with van der Waals surface area (Å²) in [4.78, 5) is 29.8. The van der Waals surface area contributed by atoms with Gasteiger partial charge in [-0.2, -0.15) is 0 Å². The Bertz CT molecular complexity index is 957. The fourth-order valence-electron chi connectivity index (χ4n) is 3.40. The normalized spacial score (nSPS) is 16.0. The van der Waals surface area contributed by atoms with Crippen LogP contribution in [0.5, 0.6) is 0 Å². The summed E-state index contributed by atoms with van der Waals surface area (Å²) < 4.78 is 4.77. The first kappa shape index (κ1) is 22.0. The Hall–Kier alpha value is -3.68. The van der Waals surface area contributed by atoms with Gasteiger partial charge in [0, 0.05) is 18.0 Å². The molecule has 1 amide bonds. The summed E-state index contributed by atoms with van der Waals surface area (Å²) in [6.07, 6.45) is 0.862. The van der Waals surface area contributed by atoms with Gasteiger partial charge >= 0.3 is 5.97 Å². The van der Waals surface area contributed by atoms with Gasteiger partial charge in [0.1, 0.15) is 11.9 Å². The van der Waals surface area contributed by atoms with Crippen LogP contribution in [0, 0.1) is 5.41 Å².